The summed E-state index contributed by atoms with van der Waals surface area (Å²) in [6, 6.07) is 0. The summed E-state index contributed by atoms with van der Waals surface area (Å²) in [5.74, 6) is 6.15. The van der Waals surface area contributed by atoms with Gasteiger partial charge in [0.15, 0.2) is 0 Å². The van der Waals surface area contributed by atoms with Gasteiger partial charge in [-0.1, -0.05) is 41.5 Å². The number of hydrogen-bond donors (Lipinski definition) is 0. The summed E-state index contributed by atoms with van der Waals surface area (Å²) >= 11 is 0. The van der Waals surface area contributed by atoms with E-state index in [9.17, 15) is 0 Å². The molecule has 0 saturated heterocycles. The van der Waals surface area contributed by atoms with Crippen LogP contribution in [0.15, 0.2) is 0 Å². The van der Waals surface area contributed by atoms with E-state index < -0.39 is 0 Å². The van der Waals surface area contributed by atoms with Gasteiger partial charge in [0, 0.05) is 0 Å². The van der Waals surface area contributed by atoms with E-state index in [4.69, 9.17) is 0 Å². The van der Waals surface area contributed by atoms with Gasteiger partial charge in [-0.3, -0.25) is 0 Å². The van der Waals surface area contributed by atoms with Gasteiger partial charge in [0.2, 0.25) is 0 Å². The Hall–Kier alpha value is 0. The van der Waals surface area contributed by atoms with Crippen LogP contribution < -0.4 is 0 Å². The van der Waals surface area contributed by atoms with Crippen LogP contribution in [0.4, 0.5) is 0 Å². The van der Waals surface area contributed by atoms with Crippen molar-refractivity contribution in [3.8, 4) is 0 Å². The van der Waals surface area contributed by atoms with E-state index in [1.54, 1.807) is 6.42 Å². The molecule has 0 spiro atoms. The zero-order chi connectivity index (χ0) is 12.4. The van der Waals surface area contributed by atoms with Crippen LogP contribution in [0.25, 0.3) is 0 Å². The first-order chi connectivity index (χ1) is 7.78. The van der Waals surface area contributed by atoms with Gasteiger partial charge in [-0.2, -0.15) is 0 Å². The molecule has 9 unspecified atom stereocenters. The molecule has 2 bridgehead atoms. The molecule has 17 heavy (non-hydrogen) atoms. The molecule has 0 aliphatic heterocycles. The van der Waals surface area contributed by atoms with Crippen molar-refractivity contribution in [2.75, 3.05) is 0 Å². The molecule has 0 aromatic heterocycles. The fraction of sp³-hybridized carbons (Fsp3) is 1.00. The van der Waals surface area contributed by atoms with Crippen LogP contribution in [0.5, 0.6) is 0 Å². The fourth-order valence-corrected chi connectivity index (χ4v) is 8.02. The number of hydrogen-bond acceptors (Lipinski definition) is 0. The highest BCUT2D eigenvalue weighted by Gasteiger charge is 2.80. The molecule has 9 atom stereocenters. The highest BCUT2D eigenvalue weighted by atomic mass is 14.8. The summed E-state index contributed by atoms with van der Waals surface area (Å²) in [6.45, 7) is 15.6. The van der Waals surface area contributed by atoms with Crippen molar-refractivity contribution in [2.45, 2.75) is 54.4 Å². The summed E-state index contributed by atoms with van der Waals surface area (Å²) in [5.41, 5.74) is 1.94. The second-order valence-corrected chi connectivity index (χ2v) is 8.82. The van der Waals surface area contributed by atoms with Crippen molar-refractivity contribution in [3.05, 3.63) is 0 Å². The molecule has 0 aromatic rings. The highest BCUT2D eigenvalue weighted by Crippen LogP contribution is 2.86. The maximum Gasteiger partial charge on any atom is -0.0186 e. The molecule has 0 radical (unpaired) electrons. The van der Waals surface area contributed by atoms with Crippen LogP contribution in [0.2, 0.25) is 0 Å². The van der Waals surface area contributed by atoms with Gasteiger partial charge >= 0.3 is 0 Å². The monoisotopic (exact) mass is 232 g/mol. The first kappa shape index (κ1) is 10.9. The zero-order valence-electron chi connectivity index (χ0n) is 12.4. The molecule has 96 valence electrons. The van der Waals surface area contributed by atoms with E-state index in [-0.39, 0.29) is 0 Å². The lowest BCUT2D eigenvalue weighted by molar-refractivity contribution is -0.378. The topological polar surface area (TPSA) is 0 Å². The summed E-state index contributed by atoms with van der Waals surface area (Å²) in [6.07, 6.45) is 3.05. The van der Waals surface area contributed by atoms with E-state index in [1.165, 1.54) is 6.42 Å². The third kappa shape index (κ3) is 0.742. The highest BCUT2D eigenvalue weighted by molar-refractivity contribution is 5.28. The van der Waals surface area contributed by atoms with Crippen molar-refractivity contribution in [1.82, 2.24) is 0 Å². The smallest absolute Gasteiger partial charge is 0.0186 e. The Kier molecular flexibility index (Phi) is 1.60. The van der Waals surface area contributed by atoms with Crippen LogP contribution >= 0.6 is 0 Å². The summed E-state index contributed by atoms with van der Waals surface area (Å²) in [7, 11) is 0. The molecule has 0 amide bonds. The molecule has 0 aromatic carbocycles. The standard InChI is InChI=1S/C17H28/c1-9-12-7-15(4)8-16(5)10(2)13(9)14(12)11(3)17(15,16)6/h9-14H,7-8H2,1-6H3. The molecule has 4 saturated carbocycles. The van der Waals surface area contributed by atoms with Crippen LogP contribution in [-0.4, -0.2) is 0 Å². The quantitative estimate of drug-likeness (QED) is 0.573. The molecule has 4 fully saturated rings. The fourth-order valence-electron chi connectivity index (χ4n) is 8.02. The largest absolute Gasteiger partial charge is 0.0619 e. The number of rotatable bonds is 0. The predicted octanol–water partition coefficient (Wildman–Crippen LogP) is 4.60. The third-order valence-corrected chi connectivity index (χ3v) is 9.18. The van der Waals surface area contributed by atoms with Gasteiger partial charge in [0.05, 0.1) is 0 Å². The molecule has 4 rings (SSSR count). The van der Waals surface area contributed by atoms with E-state index in [2.05, 4.69) is 41.5 Å². The van der Waals surface area contributed by atoms with Crippen LogP contribution in [0, 0.1) is 51.8 Å². The van der Waals surface area contributed by atoms with Crippen molar-refractivity contribution in [3.63, 3.8) is 0 Å². The normalized spacial score (nSPS) is 75.9. The molecular weight excluding hydrogens is 204 g/mol. The summed E-state index contributed by atoms with van der Waals surface area (Å²) < 4.78 is 0. The van der Waals surface area contributed by atoms with Gasteiger partial charge in [0.25, 0.3) is 0 Å². The van der Waals surface area contributed by atoms with Crippen LogP contribution in [0.1, 0.15) is 54.4 Å². The molecule has 0 nitrogen and oxygen atoms in total. The first-order valence-corrected chi connectivity index (χ1v) is 7.78. The minimum Gasteiger partial charge on any atom is -0.0619 e. The molecular formula is C17H28. The Morgan fingerprint density at radius 1 is 0.882 bits per heavy atom. The molecule has 0 N–H and O–H groups in total. The van der Waals surface area contributed by atoms with Gasteiger partial charge in [-0.15, -0.1) is 0 Å². The SMILES string of the molecule is CC1C2CC3(C)CC4(C)C(C)C1C2C(C)C34C. The molecule has 0 heteroatoms. The van der Waals surface area contributed by atoms with Crippen molar-refractivity contribution < 1.29 is 0 Å². The van der Waals surface area contributed by atoms with E-state index >= 15 is 0 Å². The van der Waals surface area contributed by atoms with Gasteiger partial charge in [-0.25, -0.2) is 0 Å². The van der Waals surface area contributed by atoms with E-state index in [0.29, 0.717) is 16.2 Å². The van der Waals surface area contributed by atoms with E-state index in [1.807, 2.05) is 0 Å². The minimum atomic E-state index is 0.636. The maximum atomic E-state index is 2.65. The molecule has 4 aliphatic carbocycles. The Balaban J connectivity index is 1.91. The zero-order valence-corrected chi connectivity index (χ0v) is 12.4. The lowest BCUT2D eigenvalue weighted by Crippen LogP contribution is -2.80. The second kappa shape index (κ2) is 2.49. The minimum absolute atomic E-state index is 0.636. The van der Waals surface area contributed by atoms with Gasteiger partial charge in [-0.05, 0) is 64.6 Å². The Morgan fingerprint density at radius 3 is 2.18 bits per heavy atom. The lowest BCUT2D eigenvalue weighted by atomic mass is 9.19. The van der Waals surface area contributed by atoms with Gasteiger partial charge < -0.3 is 0 Å². The summed E-state index contributed by atoms with van der Waals surface area (Å²) in [5, 5.41) is 0. The Labute approximate surface area is 107 Å². The Morgan fingerprint density at radius 2 is 1.53 bits per heavy atom. The average molecular weight is 232 g/mol. The lowest BCUT2D eigenvalue weighted by Gasteiger charge is -2.86. The van der Waals surface area contributed by atoms with E-state index in [0.717, 1.165) is 35.5 Å². The predicted molar refractivity (Wildman–Crippen MR) is 71.5 cm³/mol. The van der Waals surface area contributed by atoms with Crippen LogP contribution in [0.3, 0.4) is 0 Å². The first-order valence-electron chi connectivity index (χ1n) is 7.78. The Bertz CT molecular complexity index is 393. The van der Waals surface area contributed by atoms with Crippen molar-refractivity contribution >= 4 is 0 Å². The van der Waals surface area contributed by atoms with Crippen molar-refractivity contribution in [2.24, 2.45) is 51.8 Å². The van der Waals surface area contributed by atoms with Crippen molar-refractivity contribution in [1.29, 1.82) is 0 Å². The maximum absolute atomic E-state index is 2.65. The second-order valence-electron chi connectivity index (χ2n) is 8.82. The molecule has 4 aliphatic rings. The summed E-state index contributed by atoms with van der Waals surface area (Å²) in [4.78, 5) is 0. The van der Waals surface area contributed by atoms with Gasteiger partial charge in [0.1, 0.15) is 0 Å². The van der Waals surface area contributed by atoms with Crippen LogP contribution in [-0.2, 0) is 0 Å². The third-order valence-electron chi connectivity index (χ3n) is 9.18. The molecule has 0 heterocycles. The average Bonchev–Trinajstić information content (AvgIpc) is 2.26.